The fraction of sp³-hybridized carbons (Fsp3) is 0.909. The van der Waals surface area contributed by atoms with Crippen LogP contribution in [0, 0.1) is 5.41 Å². The van der Waals surface area contributed by atoms with Gasteiger partial charge in [0.2, 0.25) is 0 Å². The first-order valence-corrected chi connectivity index (χ1v) is 5.53. The van der Waals surface area contributed by atoms with Crippen molar-refractivity contribution in [3.8, 4) is 0 Å². The van der Waals surface area contributed by atoms with Gasteiger partial charge >= 0.3 is 0 Å². The molecule has 0 aromatic heterocycles. The Balaban J connectivity index is 2.74. The number of ether oxygens (including phenoxy) is 1. The number of amidine groups is 1. The van der Waals surface area contributed by atoms with E-state index >= 15 is 0 Å². The van der Waals surface area contributed by atoms with Gasteiger partial charge in [0.25, 0.3) is 0 Å². The molecular formula is C11H22N2O. The monoisotopic (exact) mass is 198 g/mol. The standard InChI is InChI=1S/C11H22N2O/c1-4-14-11(10(12)13(2)3)8-6-5-7-9-11/h12H,4-9H2,1-3H3. The Kier molecular flexibility index (Phi) is 3.93. The third-order valence-electron chi connectivity index (χ3n) is 2.96. The van der Waals surface area contributed by atoms with Crippen LogP contribution in [0.2, 0.25) is 0 Å². The van der Waals surface area contributed by atoms with Gasteiger partial charge in [-0.05, 0) is 19.8 Å². The zero-order valence-electron chi connectivity index (χ0n) is 9.60. The van der Waals surface area contributed by atoms with Crippen molar-refractivity contribution in [1.82, 2.24) is 4.90 Å². The maximum Gasteiger partial charge on any atom is 0.128 e. The summed E-state index contributed by atoms with van der Waals surface area (Å²) in [6, 6.07) is 0. The highest BCUT2D eigenvalue weighted by molar-refractivity contribution is 5.87. The zero-order chi connectivity index (χ0) is 10.6. The molecule has 0 amide bonds. The Morgan fingerprint density at radius 2 is 1.86 bits per heavy atom. The van der Waals surface area contributed by atoms with Gasteiger partial charge in [0.05, 0.1) is 0 Å². The van der Waals surface area contributed by atoms with Crippen molar-refractivity contribution in [1.29, 1.82) is 5.41 Å². The van der Waals surface area contributed by atoms with Crippen molar-refractivity contribution in [2.75, 3.05) is 20.7 Å². The predicted octanol–water partition coefficient (Wildman–Crippen LogP) is 2.26. The largest absolute Gasteiger partial charge is 0.367 e. The van der Waals surface area contributed by atoms with Crippen molar-refractivity contribution >= 4 is 5.84 Å². The van der Waals surface area contributed by atoms with E-state index in [1.165, 1.54) is 19.3 Å². The average molecular weight is 198 g/mol. The smallest absolute Gasteiger partial charge is 0.128 e. The van der Waals surface area contributed by atoms with Crippen molar-refractivity contribution in [3.63, 3.8) is 0 Å². The molecule has 0 atom stereocenters. The fourth-order valence-electron chi connectivity index (χ4n) is 2.26. The van der Waals surface area contributed by atoms with E-state index in [1.54, 1.807) is 0 Å². The van der Waals surface area contributed by atoms with Crippen molar-refractivity contribution in [2.45, 2.75) is 44.6 Å². The van der Waals surface area contributed by atoms with Gasteiger partial charge in [-0.3, -0.25) is 5.41 Å². The molecule has 14 heavy (non-hydrogen) atoms. The maximum absolute atomic E-state index is 8.09. The third-order valence-corrected chi connectivity index (χ3v) is 2.96. The van der Waals surface area contributed by atoms with Crippen molar-refractivity contribution in [2.24, 2.45) is 0 Å². The van der Waals surface area contributed by atoms with Crippen LogP contribution in [-0.2, 0) is 4.74 Å². The molecule has 1 rings (SSSR count). The fourth-order valence-corrected chi connectivity index (χ4v) is 2.26. The summed E-state index contributed by atoms with van der Waals surface area (Å²) in [6.07, 6.45) is 5.69. The molecule has 0 unspecified atom stereocenters. The van der Waals surface area contributed by atoms with Gasteiger partial charge in [0.15, 0.2) is 0 Å². The molecule has 0 heterocycles. The van der Waals surface area contributed by atoms with Crippen molar-refractivity contribution in [3.05, 3.63) is 0 Å². The van der Waals surface area contributed by atoms with E-state index in [9.17, 15) is 0 Å². The lowest BCUT2D eigenvalue weighted by atomic mass is 9.83. The number of nitrogens with one attached hydrogen (secondary N) is 1. The molecule has 3 nitrogen and oxygen atoms in total. The van der Waals surface area contributed by atoms with Crippen LogP contribution in [0.5, 0.6) is 0 Å². The second-order valence-corrected chi connectivity index (χ2v) is 4.23. The van der Waals surface area contributed by atoms with Crippen LogP contribution in [0.3, 0.4) is 0 Å². The first-order valence-electron chi connectivity index (χ1n) is 5.53. The van der Waals surface area contributed by atoms with Gasteiger partial charge in [-0.1, -0.05) is 19.3 Å². The number of likely N-dealkylation sites (N-methyl/N-ethyl adjacent to an activating group) is 1. The van der Waals surface area contributed by atoms with Crippen LogP contribution in [0.15, 0.2) is 0 Å². The van der Waals surface area contributed by atoms with Crippen LogP contribution in [0.25, 0.3) is 0 Å². The van der Waals surface area contributed by atoms with Gasteiger partial charge in [-0.25, -0.2) is 0 Å². The topological polar surface area (TPSA) is 36.3 Å². The van der Waals surface area contributed by atoms with E-state index in [-0.39, 0.29) is 5.60 Å². The third kappa shape index (κ3) is 2.27. The SMILES string of the molecule is CCOC1(C(=N)N(C)C)CCCCC1. The number of hydrogen-bond acceptors (Lipinski definition) is 2. The van der Waals surface area contributed by atoms with Gasteiger partial charge in [0.1, 0.15) is 11.4 Å². The minimum atomic E-state index is -0.281. The van der Waals surface area contributed by atoms with Gasteiger partial charge in [-0.2, -0.15) is 0 Å². The lowest BCUT2D eigenvalue weighted by Crippen LogP contribution is -2.49. The van der Waals surface area contributed by atoms with E-state index in [1.807, 2.05) is 25.9 Å². The molecule has 82 valence electrons. The summed E-state index contributed by atoms with van der Waals surface area (Å²) < 4.78 is 5.83. The molecule has 1 N–H and O–H groups in total. The predicted molar refractivity (Wildman–Crippen MR) is 58.9 cm³/mol. The van der Waals surface area contributed by atoms with Crippen LogP contribution >= 0.6 is 0 Å². The second-order valence-electron chi connectivity index (χ2n) is 4.23. The second kappa shape index (κ2) is 4.78. The number of hydrogen-bond donors (Lipinski definition) is 1. The van der Waals surface area contributed by atoms with Gasteiger partial charge in [0, 0.05) is 20.7 Å². The quantitative estimate of drug-likeness (QED) is 0.558. The van der Waals surface area contributed by atoms with Crippen LogP contribution in [0.4, 0.5) is 0 Å². The highest BCUT2D eigenvalue weighted by Gasteiger charge is 2.38. The molecule has 0 bridgehead atoms. The van der Waals surface area contributed by atoms with E-state index in [2.05, 4.69) is 0 Å². The lowest BCUT2D eigenvalue weighted by molar-refractivity contribution is -0.0183. The minimum Gasteiger partial charge on any atom is -0.367 e. The molecule has 0 spiro atoms. The first kappa shape index (κ1) is 11.5. The molecule has 0 saturated heterocycles. The average Bonchev–Trinajstić information content (AvgIpc) is 2.18. The molecule has 1 fully saturated rings. The summed E-state index contributed by atoms with van der Waals surface area (Å²) in [6.45, 7) is 2.72. The van der Waals surface area contributed by atoms with Crippen LogP contribution < -0.4 is 0 Å². The summed E-state index contributed by atoms with van der Waals surface area (Å²) in [5, 5.41) is 8.09. The molecule has 1 saturated carbocycles. The van der Waals surface area contributed by atoms with E-state index in [0.29, 0.717) is 12.4 Å². The summed E-state index contributed by atoms with van der Waals surface area (Å²) >= 11 is 0. The van der Waals surface area contributed by atoms with Crippen molar-refractivity contribution < 1.29 is 4.74 Å². The van der Waals surface area contributed by atoms with Gasteiger partial charge < -0.3 is 9.64 Å². The Hall–Kier alpha value is -0.570. The number of nitrogens with zero attached hydrogens (tertiary/aromatic N) is 1. The first-order chi connectivity index (χ1) is 6.62. The molecule has 3 heteroatoms. The maximum atomic E-state index is 8.09. The Bertz CT molecular complexity index is 190. The Labute approximate surface area is 86.9 Å². The molecule has 1 aliphatic rings. The molecule has 0 aliphatic heterocycles. The zero-order valence-corrected chi connectivity index (χ0v) is 9.60. The van der Waals surface area contributed by atoms with Crippen LogP contribution in [-0.4, -0.2) is 37.0 Å². The minimum absolute atomic E-state index is 0.281. The van der Waals surface area contributed by atoms with Crippen LogP contribution in [0.1, 0.15) is 39.0 Å². The van der Waals surface area contributed by atoms with E-state index in [4.69, 9.17) is 10.1 Å². The number of rotatable bonds is 3. The highest BCUT2D eigenvalue weighted by atomic mass is 16.5. The summed E-state index contributed by atoms with van der Waals surface area (Å²) in [5.74, 6) is 0.638. The van der Waals surface area contributed by atoms with E-state index in [0.717, 1.165) is 12.8 Å². The molecule has 0 radical (unpaired) electrons. The Morgan fingerprint density at radius 3 is 2.29 bits per heavy atom. The molecule has 0 aromatic rings. The highest BCUT2D eigenvalue weighted by Crippen LogP contribution is 2.33. The molecular weight excluding hydrogens is 176 g/mol. The molecule has 0 aromatic carbocycles. The van der Waals surface area contributed by atoms with Gasteiger partial charge in [-0.15, -0.1) is 0 Å². The Morgan fingerprint density at radius 1 is 1.29 bits per heavy atom. The summed E-state index contributed by atoms with van der Waals surface area (Å²) in [4.78, 5) is 1.88. The van der Waals surface area contributed by atoms with E-state index < -0.39 is 0 Å². The summed E-state index contributed by atoms with van der Waals surface area (Å²) in [5.41, 5.74) is -0.281. The summed E-state index contributed by atoms with van der Waals surface area (Å²) in [7, 11) is 3.86. The molecule has 1 aliphatic carbocycles. The normalized spacial score (nSPS) is 20.5. The lowest BCUT2D eigenvalue weighted by Gasteiger charge is -2.39.